The van der Waals surface area contributed by atoms with Crippen LogP contribution in [0.5, 0.6) is 0 Å². The summed E-state index contributed by atoms with van der Waals surface area (Å²) >= 11 is 0. The molecule has 1 fully saturated rings. The molecule has 1 saturated carbocycles. The third kappa shape index (κ3) is 5.91. The minimum absolute atomic E-state index is 0.0840. The Morgan fingerprint density at radius 2 is 1.71 bits per heavy atom. The number of nitrogens with one attached hydrogen (secondary N) is 2. The fourth-order valence-electron chi connectivity index (χ4n) is 2.07. The molecule has 0 heterocycles. The highest BCUT2D eigenvalue weighted by atomic mass is 32.2. The van der Waals surface area contributed by atoms with Crippen LogP contribution in [-0.2, 0) is 10.2 Å². The molecule has 0 aromatic rings. The van der Waals surface area contributed by atoms with E-state index < -0.39 is 10.2 Å². The Bertz CT molecular complexity index is 410. The molecular formula is C12H22N2O2S. The minimum atomic E-state index is -3.44. The van der Waals surface area contributed by atoms with Gasteiger partial charge in [0.25, 0.3) is 10.2 Å². The third-order valence-corrected chi connectivity index (χ3v) is 3.87. The molecule has 17 heavy (non-hydrogen) atoms. The van der Waals surface area contributed by atoms with Crippen molar-refractivity contribution in [2.45, 2.75) is 58.9 Å². The van der Waals surface area contributed by atoms with Crippen LogP contribution in [0.25, 0.3) is 0 Å². The summed E-state index contributed by atoms with van der Waals surface area (Å²) in [4.78, 5) is 0. The van der Waals surface area contributed by atoms with E-state index in [2.05, 4.69) is 15.2 Å². The first kappa shape index (κ1) is 14.3. The zero-order valence-corrected chi connectivity index (χ0v) is 11.7. The van der Waals surface area contributed by atoms with E-state index >= 15 is 0 Å². The summed E-state index contributed by atoms with van der Waals surface area (Å²) in [6.45, 7) is 5.46. The lowest BCUT2D eigenvalue weighted by molar-refractivity contribution is 0.411. The predicted octanol–water partition coefficient (Wildman–Crippen LogP) is 2.21. The first-order valence-corrected chi connectivity index (χ1v) is 7.58. The standard InChI is InChI=1S/C12H22N2O2S/c1-10(2)9-11(3)13-17(15,16)14-12-7-5-4-6-8-12/h12-14H,4-8H2,1-3H3. The van der Waals surface area contributed by atoms with E-state index in [0.717, 1.165) is 31.3 Å². The van der Waals surface area contributed by atoms with Crippen LogP contribution in [0, 0.1) is 0 Å². The lowest BCUT2D eigenvalue weighted by Gasteiger charge is -2.22. The Balaban J connectivity index is 2.60. The van der Waals surface area contributed by atoms with Gasteiger partial charge in [0, 0.05) is 6.04 Å². The average Bonchev–Trinajstić information content (AvgIpc) is 2.15. The fraction of sp³-hybridized carbons (Fsp3) is 0.750. The molecule has 0 amide bonds. The maximum absolute atomic E-state index is 11.8. The average molecular weight is 258 g/mol. The molecule has 1 rings (SSSR count). The Morgan fingerprint density at radius 1 is 1.12 bits per heavy atom. The monoisotopic (exact) mass is 258 g/mol. The molecule has 98 valence electrons. The summed E-state index contributed by atoms with van der Waals surface area (Å²) in [7, 11) is -3.44. The van der Waals surface area contributed by atoms with E-state index in [-0.39, 0.29) is 6.04 Å². The predicted molar refractivity (Wildman–Crippen MR) is 69.6 cm³/mol. The summed E-state index contributed by atoms with van der Waals surface area (Å²) in [6, 6.07) is 0.0840. The van der Waals surface area contributed by atoms with E-state index in [9.17, 15) is 8.42 Å². The zero-order valence-electron chi connectivity index (χ0n) is 10.8. The normalized spacial score (nSPS) is 17.4. The maximum atomic E-state index is 11.8. The Kier molecular flexibility index (Phi) is 5.25. The molecule has 2 N–H and O–H groups in total. The van der Waals surface area contributed by atoms with Gasteiger partial charge in [0.15, 0.2) is 0 Å². The van der Waals surface area contributed by atoms with Gasteiger partial charge in [-0.3, -0.25) is 4.72 Å². The summed E-state index contributed by atoms with van der Waals surface area (Å²) < 4.78 is 28.8. The molecule has 0 atom stereocenters. The van der Waals surface area contributed by atoms with Crippen molar-refractivity contribution in [1.29, 1.82) is 0 Å². The summed E-state index contributed by atoms with van der Waals surface area (Å²) in [5.41, 5.74) is 4.41. The number of hydrogen-bond acceptors (Lipinski definition) is 2. The summed E-state index contributed by atoms with van der Waals surface area (Å²) in [5, 5.41) is 0. The van der Waals surface area contributed by atoms with Crippen LogP contribution < -0.4 is 9.44 Å². The van der Waals surface area contributed by atoms with Crippen molar-refractivity contribution in [2.24, 2.45) is 0 Å². The first-order chi connectivity index (χ1) is 7.89. The van der Waals surface area contributed by atoms with Crippen LogP contribution in [0.15, 0.2) is 17.0 Å². The summed E-state index contributed by atoms with van der Waals surface area (Å²) in [5.74, 6) is 0. The molecule has 1 aliphatic carbocycles. The number of rotatable bonds is 4. The van der Waals surface area contributed by atoms with Crippen molar-refractivity contribution in [3.63, 3.8) is 0 Å². The van der Waals surface area contributed by atoms with Gasteiger partial charge in [-0.1, -0.05) is 19.3 Å². The zero-order chi connectivity index (χ0) is 12.9. The van der Waals surface area contributed by atoms with Crippen molar-refractivity contribution in [3.8, 4) is 0 Å². The fourth-order valence-corrected chi connectivity index (χ4v) is 3.26. The van der Waals surface area contributed by atoms with Crippen molar-refractivity contribution in [1.82, 2.24) is 9.44 Å². The molecule has 0 spiro atoms. The highest BCUT2D eigenvalue weighted by Gasteiger charge is 2.19. The van der Waals surface area contributed by atoms with Gasteiger partial charge in [0.1, 0.15) is 0 Å². The maximum Gasteiger partial charge on any atom is 0.299 e. The van der Waals surface area contributed by atoms with E-state index in [1.807, 2.05) is 13.8 Å². The molecule has 0 saturated heterocycles. The van der Waals surface area contributed by atoms with Gasteiger partial charge >= 0.3 is 0 Å². The van der Waals surface area contributed by atoms with Crippen molar-refractivity contribution < 1.29 is 8.42 Å². The molecule has 0 radical (unpaired) electrons. The largest absolute Gasteiger partial charge is 0.299 e. The van der Waals surface area contributed by atoms with Crippen LogP contribution in [0.1, 0.15) is 52.9 Å². The van der Waals surface area contributed by atoms with Crippen LogP contribution in [-0.4, -0.2) is 14.5 Å². The summed E-state index contributed by atoms with van der Waals surface area (Å²) in [6.07, 6.45) is 5.30. The topological polar surface area (TPSA) is 58.2 Å². The molecule has 1 aliphatic rings. The SMILES string of the molecule is CC(C)=C=C(C)NS(=O)(=O)NC1CCCCC1. The number of hydrogen-bond donors (Lipinski definition) is 2. The van der Waals surface area contributed by atoms with Gasteiger partial charge in [0.05, 0.1) is 5.70 Å². The third-order valence-electron chi connectivity index (χ3n) is 2.65. The van der Waals surface area contributed by atoms with Gasteiger partial charge in [-0.05, 0) is 39.2 Å². The molecule has 0 bridgehead atoms. The van der Waals surface area contributed by atoms with Crippen LogP contribution in [0.2, 0.25) is 0 Å². The molecular weight excluding hydrogens is 236 g/mol. The molecule has 5 heteroatoms. The van der Waals surface area contributed by atoms with E-state index in [1.54, 1.807) is 6.92 Å². The minimum Gasteiger partial charge on any atom is -0.268 e. The Hall–Kier alpha value is -0.770. The molecule has 0 aromatic carbocycles. The molecule has 0 unspecified atom stereocenters. The van der Waals surface area contributed by atoms with Gasteiger partial charge in [-0.2, -0.15) is 13.1 Å². The smallest absolute Gasteiger partial charge is 0.268 e. The van der Waals surface area contributed by atoms with E-state index in [0.29, 0.717) is 5.70 Å². The first-order valence-electron chi connectivity index (χ1n) is 6.10. The molecule has 0 aromatic heterocycles. The second kappa shape index (κ2) is 6.24. The van der Waals surface area contributed by atoms with E-state index in [1.165, 1.54) is 6.42 Å². The quantitative estimate of drug-likeness (QED) is 0.760. The van der Waals surface area contributed by atoms with Crippen LogP contribution in [0.4, 0.5) is 0 Å². The Morgan fingerprint density at radius 3 is 2.24 bits per heavy atom. The second-order valence-corrected chi connectivity index (χ2v) is 6.25. The van der Waals surface area contributed by atoms with Gasteiger partial charge in [0.2, 0.25) is 0 Å². The molecule has 4 nitrogen and oxygen atoms in total. The van der Waals surface area contributed by atoms with Gasteiger partial charge in [-0.15, -0.1) is 5.73 Å². The lowest BCUT2D eigenvalue weighted by Crippen LogP contribution is -2.42. The van der Waals surface area contributed by atoms with Crippen LogP contribution in [0.3, 0.4) is 0 Å². The highest BCUT2D eigenvalue weighted by Crippen LogP contribution is 2.17. The second-order valence-electron chi connectivity index (χ2n) is 4.81. The van der Waals surface area contributed by atoms with Gasteiger partial charge in [-0.25, -0.2) is 0 Å². The van der Waals surface area contributed by atoms with Gasteiger partial charge < -0.3 is 0 Å². The molecule has 0 aliphatic heterocycles. The van der Waals surface area contributed by atoms with Crippen molar-refractivity contribution in [3.05, 3.63) is 17.0 Å². The Labute approximate surface area is 104 Å². The van der Waals surface area contributed by atoms with Crippen molar-refractivity contribution >= 4 is 10.2 Å². The van der Waals surface area contributed by atoms with Crippen LogP contribution >= 0.6 is 0 Å². The van der Waals surface area contributed by atoms with Crippen molar-refractivity contribution in [2.75, 3.05) is 0 Å². The van der Waals surface area contributed by atoms with E-state index in [4.69, 9.17) is 0 Å². The highest BCUT2D eigenvalue weighted by molar-refractivity contribution is 7.87. The lowest BCUT2D eigenvalue weighted by atomic mass is 9.96. The number of allylic oxidation sites excluding steroid dienone is 1.